The zero-order valence-corrected chi connectivity index (χ0v) is 11.6. The number of hydrogen-bond acceptors (Lipinski definition) is 5. The van der Waals surface area contributed by atoms with Crippen LogP contribution in [-0.2, 0) is 25.8 Å². The normalized spacial score (nSPS) is 10.3. The van der Waals surface area contributed by atoms with Crippen molar-refractivity contribution in [2.75, 3.05) is 6.54 Å². The minimum atomic E-state index is -1.32. The Bertz CT molecular complexity index is 527. The molecule has 0 heterocycles. The third kappa shape index (κ3) is 6.33. The number of nitrogens with zero attached hydrogens (tertiary/aromatic N) is 2. The molecule has 0 unspecified atom stereocenters. The fourth-order valence-corrected chi connectivity index (χ4v) is 1.42. The highest BCUT2D eigenvalue weighted by Gasteiger charge is 2.19. The molecule has 1 amide bonds. The van der Waals surface area contributed by atoms with E-state index in [0.29, 0.717) is 6.54 Å². The van der Waals surface area contributed by atoms with Gasteiger partial charge in [-0.1, -0.05) is 30.3 Å². The molecule has 0 aliphatic rings. The number of aliphatic carboxylic acids is 1. The number of hydroxylamine groups is 2. The smallest absolute Gasteiger partial charge is 0.343 e. The lowest BCUT2D eigenvalue weighted by atomic mass is 10.2. The van der Waals surface area contributed by atoms with Gasteiger partial charge in [0.2, 0.25) is 0 Å². The van der Waals surface area contributed by atoms with Crippen molar-refractivity contribution in [2.24, 2.45) is 4.99 Å². The Morgan fingerprint density at radius 2 is 1.95 bits per heavy atom. The van der Waals surface area contributed by atoms with Crippen LogP contribution in [0.5, 0.6) is 0 Å². The van der Waals surface area contributed by atoms with Crippen LogP contribution < -0.4 is 0 Å². The van der Waals surface area contributed by atoms with Crippen molar-refractivity contribution in [1.29, 1.82) is 0 Å². The Balaban J connectivity index is 2.79. The number of aliphatic imine (C=N–C) groups is 1. The number of carbonyl (C=O) groups is 3. The van der Waals surface area contributed by atoms with Gasteiger partial charge in [-0.3, -0.25) is 14.6 Å². The molecule has 1 aromatic rings. The predicted molar refractivity (Wildman–Crippen MR) is 74.4 cm³/mol. The van der Waals surface area contributed by atoms with E-state index in [2.05, 4.69) is 4.99 Å². The summed E-state index contributed by atoms with van der Waals surface area (Å²) in [5.74, 6) is -2.97. The zero-order chi connectivity index (χ0) is 15.7. The van der Waals surface area contributed by atoms with Crippen molar-refractivity contribution in [1.82, 2.24) is 5.06 Å². The second-order valence-electron chi connectivity index (χ2n) is 4.02. The van der Waals surface area contributed by atoms with Crippen molar-refractivity contribution in [2.45, 2.75) is 19.9 Å². The Morgan fingerprint density at radius 1 is 1.29 bits per heavy atom. The van der Waals surface area contributed by atoms with Gasteiger partial charge in [-0.2, -0.15) is 5.06 Å². The van der Waals surface area contributed by atoms with Crippen LogP contribution in [0.25, 0.3) is 0 Å². The molecule has 0 aliphatic heterocycles. The fraction of sp³-hybridized carbons (Fsp3) is 0.286. The highest BCUT2D eigenvalue weighted by atomic mass is 16.7. The third-order valence-electron chi connectivity index (χ3n) is 2.31. The standard InChI is InChI=1S/C14H16N2O5/c1-2-15-9-12(17)16(21-14(20)8-13(18)19)10-11-6-4-3-5-7-11/h3-7,9H,2,8,10H2,1H3,(H,18,19). The Morgan fingerprint density at radius 3 is 2.52 bits per heavy atom. The number of hydrogen-bond donors (Lipinski definition) is 1. The van der Waals surface area contributed by atoms with Crippen LogP contribution >= 0.6 is 0 Å². The maximum Gasteiger partial charge on any atom is 0.343 e. The summed E-state index contributed by atoms with van der Waals surface area (Å²) in [5.41, 5.74) is 0.735. The molecular formula is C14H16N2O5. The topological polar surface area (TPSA) is 96.3 Å². The van der Waals surface area contributed by atoms with Gasteiger partial charge in [0.15, 0.2) is 0 Å². The Kier molecular flexibility index (Phi) is 6.59. The van der Waals surface area contributed by atoms with Crippen molar-refractivity contribution >= 4 is 24.1 Å². The fourth-order valence-electron chi connectivity index (χ4n) is 1.42. The van der Waals surface area contributed by atoms with E-state index in [1.807, 2.05) is 6.07 Å². The van der Waals surface area contributed by atoms with Gasteiger partial charge in [0.1, 0.15) is 6.42 Å². The summed E-state index contributed by atoms with van der Waals surface area (Å²) in [5, 5.41) is 9.33. The first-order valence-corrected chi connectivity index (χ1v) is 6.30. The Labute approximate surface area is 121 Å². The van der Waals surface area contributed by atoms with E-state index in [0.717, 1.165) is 16.8 Å². The van der Waals surface area contributed by atoms with Gasteiger partial charge >= 0.3 is 11.9 Å². The number of carboxylic acids is 1. The SMILES string of the molecule is CCN=CC(=O)N(Cc1ccccc1)OC(=O)CC(=O)O. The minimum Gasteiger partial charge on any atom is -0.481 e. The second kappa shape index (κ2) is 8.47. The summed E-state index contributed by atoms with van der Waals surface area (Å²) >= 11 is 0. The highest BCUT2D eigenvalue weighted by molar-refractivity contribution is 6.25. The third-order valence-corrected chi connectivity index (χ3v) is 2.31. The summed E-state index contributed by atoms with van der Waals surface area (Å²) in [6.45, 7) is 2.18. The maximum atomic E-state index is 11.9. The molecule has 0 saturated heterocycles. The van der Waals surface area contributed by atoms with Crippen LogP contribution in [0.3, 0.4) is 0 Å². The van der Waals surface area contributed by atoms with Gasteiger partial charge in [0, 0.05) is 6.54 Å². The van der Waals surface area contributed by atoms with E-state index >= 15 is 0 Å². The second-order valence-corrected chi connectivity index (χ2v) is 4.02. The molecule has 7 heteroatoms. The molecule has 112 valence electrons. The molecule has 1 N–H and O–H groups in total. The molecule has 0 atom stereocenters. The predicted octanol–water partition coefficient (Wildman–Crippen LogP) is 1.04. The minimum absolute atomic E-state index is 0.0146. The molecule has 0 spiro atoms. The molecular weight excluding hydrogens is 276 g/mol. The summed E-state index contributed by atoms with van der Waals surface area (Å²) in [7, 11) is 0. The first-order valence-electron chi connectivity index (χ1n) is 6.30. The van der Waals surface area contributed by atoms with Gasteiger partial charge < -0.3 is 9.94 Å². The van der Waals surface area contributed by atoms with E-state index in [4.69, 9.17) is 9.94 Å². The first-order chi connectivity index (χ1) is 10.0. The summed E-state index contributed by atoms with van der Waals surface area (Å²) in [6.07, 6.45) is 0.223. The van der Waals surface area contributed by atoms with Gasteiger partial charge in [-0.25, -0.2) is 4.79 Å². The molecule has 0 bridgehead atoms. The number of carbonyl (C=O) groups excluding carboxylic acids is 2. The van der Waals surface area contributed by atoms with Crippen molar-refractivity contribution in [3.8, 4) is 0 Å². The quantitative estimate of drug-likeness (QED) is 0.480. The molecule has 0 fully saturated rings. The van der Waals surface area contributed by atoms with Gasteiger partial charge in [-0.15, -0.1) is 0 Å². The number of rotatable bonds is 6. The van der Waals surface area contributed by atoms with E-state index in [1.165, 1.54) is 0 Å². The average molecular weight is 292 g/mol. The van der Waals surface area contributed by atoms with E-state index in [1.54, 1.807) is 31.2 Å². The molecule has 1 rings (SSSR count). The molecule has 0 saturated carbocycles. The lowest BCUT2D eigenvalue weighted by molar-refractivity contribution is -0.197. The van der Waals surface area contributed by atoms with Gasteiger partial charge in [0.25, 0.3) is 5.91 Å². The van der Waals surface area contributed by atoms with Crippen LogP contribution in [-0.4, -0.2) is 40.8 Å². The first kappa shape index (κ1) is 16.4. The van der Waals surface area contributed by atoms with E-state index < -0.39 is 24.3 Å². The molecule has 7 nitrogen and oxygen atoms in total. The van der Waals surface area contributed by atoms with E-state index in [9.17, 15) is 14.4 Å². The molecule has 21 heavy (non-hydrogen) atoms. The largest absolute Gasteiger partial charge is 0.481 e. The van der Waals surface area contributed by atoms with Crippen LogP contribution in [0.15, 0.2) is 35.3 Å². The zero-order valence-electron chi connectivity index (χ0n) is 11.6. The van der Waals surface area contributed by atoms with Crippen LogP contribution in [0.2, 0.25) is 0 Å². The molecule has 0 radical (unpaired) electrons. The summed E-state index contributed by atoms with van der Waals surface area (Å²) in [4.78, 5) is 42.3. The average Bonchev–Trinajstić information content (AvgIpc) is 2.44. The van der Waals surface area contributed by atoms with Crippen molar-refractivity contribution in [3.05, 3.63) is 35.9 Å². The lowest BCUT2D eigenvalue weighted by Gasteiger charge is -2.19. The van der Waals surface area contributed by atoms with Gasteiger partial charge in [-0.05, 0) is 12.5 Å². The highest BCUT2D eigenvalue weighted by Crippen LogP contribution is 2.06. The Hall–Kier alpha value is -2.70. The van der Waals surface area contributed by atoms with Crippen LogP contribution in [0.4, 0.5) is 0 Å². The molecule has 1 aromatic carbocycles. The van der Waals surface area contributed by atoms with Crippen molar-refractivity contribution in [3.63, 3.8) is 0 Å². The van der Waals surface area contributed by atoms with Crippen LogP contribution in [0, 0.1) is 0 Å². The number of carboxylic acid groups (broad SMARTS) is 1. The van der Waals surface area contributed by atoms with Crippen molar-refractivity contribution < 1.29 is 24.3 Å². The number of amides is 1. The summed E-state index contributed by atoms with van der Waals surface area (Å²) < 4.78 is 0. The molecule has 0 aliphatic carbocycles. The number of benzene rings is 1. The maximum absolute atomic E-state index is 11.9. The molecule has 0 aromatic heterocycles. The van der Waals surface area contributed by atoms with E-state index in [-0.39, 0.29) is 6.54 Å². The van der Waals surface area contributed by atoms with Gasteiger partial charge in [0.05, 0.1) is 12.8 Å². The van der Waals surface area contributed by atoms with Crippen LogP contribution in [0.1, 0.15) is 18.9 Å². The lowest BCUT2D eigenvalue weighted by Crippen LogP contribution is -2.34. The monoisotopic (exact) mass is 292 g/mol. The summed E-state index contributed by atoms with van der Waals surface area (Å²) in [6, 6.07) is 8.86.